The molecule has 0 aliphatic heterocycles. The molecule has 0 aliphatic carbocycles. The Morgan fingerprint density at radius 3 is 1.88 bits per heavy atom. The largest absolute Gasteiger partial charge is 0.458 e. The number of hydrogen-bond acceptors (Lipinski definition) is 3. The van der Waals surface area contributed by atoms with Crippen molar-refractivity contribution in [2.24, 2.45) is 0 Å². The lowest BCUT2D eigenvalue weighted by Gasteiger charge is -2.24. The number of benzene rings is 3. The summed E-state index contributed by atoms with van der Waals surface area (Å²) < 4.78 is 163. The highest BCUT2D eigenvalue weighted by Crippen LogP contribution is 2.45. The van der Waals surface area contributed by atoms with Crippen LogP contribution in [0.1, 0.15) is 28.3 Å². The fourth-order valence-corrected chi connectivity index (χ4v) is 3.50. The van der Waals surface area contributed by atoms with Crippen LogP contribution in [-0.2, 0) is 12.1 Å². The van der Waals surface area contributed by atoms with Crippen LogP contribution in [0.3, 0.4) is 0 Å². The first-order chi connectivity index (χ1) is 18.3. The normalized spacial score (nSPS) is 14.6. The quantitative estimate of drug-likeness (QED) is 0.262. The number of nitrogens with one attached hydrogen (secondary N) is 1. The van der Waals surface area contributed by atoms with Crippen molar-refractivity contribution in [1.29, 1.82) is 0 Å². The molecular formula is C25H17F12NO2. The number of ether oxygens (including phenoxy) is 1. The van der Waals surface area contributed by atoms with E-state index >= 15 is 0 Å². The van der Waals surface area contributed by atoms with Gasteiger partial charge in [0.1, 0.15) is 17.3 Å². The molecule has 3 aromatic carbocycles. The Labute approximate surface area is 218 Å². The van der Waals surface area contributed by atoms with E-state index in [4.69, 9.17) is 4.74 Å². The van der Waals surface area contributed by atoms with Crippen LogP contribution in [-0.4, -0.2) is 30.1 Å². The average molecular weight is 591 g/mol. The van der Waals surface area contributed by atoms with Crippen LogP contribution in [0.5, 0.6) is 11.5 Å². The van der Waals surface area contributed by atoms with E-state index in [2.05, 4.69) is 5.32 Å². The Balaban J connectivity index is 1.98. The van der Waals surface area contributed by atoms with Gasteiger partial charge in [0.15, 0.2) is 6.10 Å². The topological polar surface area (TPSA) is 41.5 Å². The summed E-state index contributed by atoms with van der Waals surface area (Å²) in [7, 11) is 0. The first kappa shape index (κ1) is 31.1. The van der Waals surface area contributed by atoms with E-state index in [9.17, 15) is 57.8 Å². The minimum atomic E-state index is -5.91. The summed E-state index contributed by atoms with van der Waals surface area (Å²) in [5.74, 6) is -7.41. The highest BCUT2D eigenvalue weighted by molar-refractivity contribution is 5.41. The van der Waals surface area contributed by atoms with Gasteiger partial charge in [-0.1, -0.05) is 30.3 Å². The van der Waals surface area contributed by atoms with E-state index in [1.165, 1.54) is 18.2 Å². The van der Waals surface area contributed by atoms with E-state index in [0.29, 0.717) is 24.3 Å². The van der Waals surface area contributed by atoms with E-state index in [1.54, 1.807) is 0 Å². The molecule has 218 valence electrons. The number of halogens is 12. The van der Waals surface area contributed by atoms with Gasteiger partial charge in [-0.2, -0.15) is 48.3 Å². The van der Waals surface area contributed by atoms with E-state index in [0.717, 1.165) is 18.2 Å². The maximum atomic E-state index is 14.8. The highest BCUT2D eigenvalue weighted by atomic mass is 19.4. The molecule has 0 bridgehead atoms. The summed E-state index contributed by atoms with van der Waals surface area (Å²) in [6.45, 7) is -1.21. The molecule has 0 saturated heterocycles. The fraction of sp³-hybridized carbons (Fsp3) is 0.280. The molecule has 0 aromatic heterocycles. The molecule has 0 radical (unpaired) electrons. The molecule has 0 aliphatic rings. The summed E-state index contributed by atoms with van der Waals surface area (Å²) in [4.78, 5) is 0. The first-order valence-corrected chi connectivity index (χ1v) is 11.0. The lowest BCUT2D eigenvalue weighted by atomic mass is 9.96. The van der Waals surface area contributed by atoms with Crippen molar-refractivity contribution in [3.63, 3.8) is 0 Å². The third-order valence-electron chi connectivity index (χ3n) is 5.51. The minimum Gasteiger partial charge on any atom is -0.457 e. The third-order valence-corrected chi connectivity index (χ3v) is 5.51. The second-order valence-corrected chi connectivity index (χ2v) is 8.41. The van der Waals surface area contributed by atoms with E-state index in [-0.39, 0.29) is 17.4 Å². The lowest BCUT2D eigenvalue weighted by molar-refractivity contribution is -0.289. The van der Waals surface area contributed by atoms with Gasteiger partial charge in [0.2, 0.25) is 0 Å². The van der Waals surface area contributed by atoms with Gasteiger partial charge in [0.05, 0.1) is 11.6 Å². The van der Waals surface area contributed by atoms with Gasteiger partial charge in [-0.25, -0.2) is 4.39 Å². The van der Waals surface area contributed by atoms with Crippen LogP contribution in [0.25, 0.3) is 0 Å². The van der Waals surface area contributed by atoms with Crippen molar-refractivity contribution < 1.29 is 62.5 Å². The summed E-state index contributed by atoms with van der Waals surface area (Å²) in [5.41, 5.74) is -3.48. The van der Waals surface area contributed by atoms with Crippen LogP contribution in [0, 0.1) is 5.82 Å². The number of aliphatic hydroxyl groups excluding tert-OH is 1. The van der Waals surface area contributed by atoms with Gasteiger partial charge < -0.3 is 15.2 Å². The Bertz CT molecular complexity index is 1320. The Morgan fingerprint density at radius 2 is 1.32 bits per heavy atom. The van der Waals surface area contributed by atoms with Crippen molar-refractivity contribution in [2.45, 2.75) is 36.6 Å². The van der Waals surface area contributed by atoms with E-state index < -0.39 is 71.4 Å². The van der Waals surface area contributed by atoms with E-state index in [1.807, 2.05) is 0 Å². The molecule has 0 heterocycles. The van der Waals surface area contributed by atoms with Gasteiger partial charge in [0.25, 0.3) is 0 Å². The molecule has 0 fully saturated rings. The second kappa shape index (κ2) is 11.2. The van der Waals surface area contributed by atoms with Crippen LogP contribution in [0.2, 0.25) is 0 Å². The second-order valence-electron chi connectivity index (χ2n) is 8.41. The van der Waals surface area contributed by atoms with Crippen LogP contribution < -0.4 is 10.1 Å². The van der Waals surface area contributed by atoms with Crippen LogP contribution in [0.4, 0.5) is 52.7 Å². The van der Waals surface area contributed by atoms with Gasteiger partial charge in [-0.15, -0.1) is 0 Å². The number of hydrogen-bond donors (Lipinski definition) is 2. The lowest BCUT2D eigenvalue weighted by Crippen LogP contribution is -2.40. The molecule has 0 amide bonds. The summed E-state index contributed by atoms with van der Waals surface area (Å²) in [6.07, 6.45) is -18.9. The summed E-state index contributed by atoms with van der Waals surface area (Å²) >= 11 is 0. The van der Waals surface area contributed by atoms with Crippen molar-refractivity contribution in [3.8, 4) is 11.5 Å². The monoisotopic (exact) mass is 591 g/mol. The molecule has 1 unspecified atom stereocenters. The van der Waals surface area contributed by atoms with Gasteiger partial charge in [-0.3, -0.25) is 0 Å². The van der Waals surface area contributed by atoms with Gasteiger partial charge in [0, 0.05) is 17.7 Å². The zero-order valence-electron chi connectivity index (χ0n) is 19.6. The van der Waals surface area contributed by atoms with Crippen molar-refractivity contribution in [2.75, 3.05) is 6.54 Å². The smallest absolute Gasteiger partial charge is 0.457 e. The standard InChI is InChI=1S/C25H17F12NO2/c26-19-11-15(23(29,30)31)7-8-18(19)21(38-12-20(39)24(32,33)34)13-3-1-5-16(9-13)40-17-6-2-4-14(10-17)22(27,28)25(35,36)37/h1-11,20-21,38-39H,12H2/t20-,21?/m1/s1. The Morgan fingerprint density at radius 1 is 0.725 bits per heavy atom. The molecule has 0 saturated carbocycles. The van der Waals surface area contributed by atoms with Gasteiger partial charge >= 0.3 is 24.5 Å². The molecular weight excluding hydrogens is 574 g/mol. The predicted molar refractivity (Wildman–Crippen MR) is 116 cm³/mol. The first-order valence-electron chi connectivity index (χ1n) is 11.0. The van der Waals surface area contributed by atoms with Gasteiger partial charge in [-0.05, 0) is 42.0 Å². The molecule has 2 atom stereocenters. The molecule has 0 spiro atoms. The maximum absolute atomic E-state index is 14.8. The van der Waals surface area contributed by atoms with Crippen LogP contribution in [0.15, 0.2) is 66.7 Å². The Kier molecular flexibility index (Phi) is 8.70. The third kappa shape index (κ3) is 7.18. The number of rotatable bonds is 8. The summed E-state index contributed by atoms with van der Waals surface area (Å²) in [5, 5.41) is 11.6. The molecule has 40 heavy (non-hydrogen) atoms. The molecule has 15 heteroatoms. The van der Waals surface area contributed by atoms with Crippen molar-refractivity contribution in [1.82, 2.24) is 5.32 Å². The number of aliphatic hydroxyl groups is 1. The van der Waals surface area contributed by atoms with Crippen molar-refractivity contribution in [3.05, 3.63) is 94.8 Å². The molecule has 2 N–H and O–H groups in total. The van der Waals surface area contributed by atoms with Crippen LogP contribution >= 0.6 is 0 Å². The number of alkyl halides is 11. The average Bonchev–Trinajstić information content (AvgIpc) is 2.83. The Hall–Kier alpha value is -3.46. The summed E-state index contributed by atoms with van der Waals surface area (Å²) in [6, 6.07) is 7.13. The highest BCUT2D eigenvalue weighted by Gasteiger charge is 2.58. The zero-order valence-corrected chi connectivity index (χ0v) is 19.6. The molecule has 3 aromatic rings. The SMILES string of the molecule is O[C@H](CNC(c1cccc(Oc2cccc(C(F)(F)C(F)(F)F)c2)c1)c1ccc(C(F)(F)F)cc1F)C(F)(F)F. The minimum absolute atomic E-state index is 0.109. The predicted octanol–water partition coefficient (Wildman–Crippen LogP) is 7.89. The van der Waals surface area contributed by atoms with Crippen molar-refractivity contribution >= 4 is 0 Å². The molecule has 3 nitrogen and oxygen atoms in total. The molecule has 3 rings (SSSR count). The fourth-order valence-electron chi connectivity index (χ4n) is 3.50. The maximum Gasteiger partial charge on any atom is 0.458 e. The zero-order chi connectivity index (χ0) is 30.1.